The molecule has 0 aliphatic rings. The zero-order valence-electron chi connectivity index (χ0n) is 11.1. The number of rotatable bonds is 4. The summed E-state index contributed by atoms with van der Waals surface area (Å²) in [5, 5.41) is 3.29. The maximum absolute atomic E-state index is 14.1. The summed E-state index contributed by atoms with van der Waals surface area (Å²) in [6, 6.07) is 5.62. The molecule has 0 bridgehead atoms. The van der Waals surface area contributed by atoms with Crippen molar-refractivity contribution in [2.75, 3.05) is 7.05 Å². The predicted octanol–water partition coefficient (Wildman–Crippen LogP) is 5.02. The van der Waals surface area contributed by atoms with Crippen molar-refractivity contribution < 1.29 is 13.2 Å². The normalized spacial score (nSPS) is 12.5. The number of hydrogen-bond donors (Lipinski definition) is 1. The molecule has 0 saturated carbocycles. The largest absolute Gasteiger partial charge is 0.313 e. The summed E-state index contributed by atoms with van der Waals surface area (Å²) in [6.07, 6.45) is 0.178. The molecule has 0 aromatic heterocycles. The van der Waals surface area contributed by atoms with Gasteiger partial charge in [0, 0.05) is 22.1 Å². The van der Waals surface area contributed by atoms with E-state index >= 15 is 0 Å². The predicted molar refractivity (Wildman–Crippen MR) is 81.0 cm³/mol. The number of halogens is 5. The van der Waals surface area contributed by atoms with Gasteiger partial charge in [-0.25, -0.2) is 13.2 Å². The maximum Gasteiger partial charge on any atom is 0.129 e. The molecule has 112 valence electrons. The van der Waals surface area contributed by atoms with Crippen LogP contribution in [0.15, 0.2) is 34.8 Å². The quantitative estimate of drug-likeness (QED) is 0.736. The summed E-state index contributed by atoms with van der Waals surface area (Å²) in [7, 11) is 1.64. The Kier molecular flexibility index (Phi) is 5.30. The first kappa shape index (κ1) is 16.3. The van der Waals surface area contributed by atoms with Gasteiger partial charge >= 0.3 is 0 Å². The number of hydrogen-bond acceptors (Lipinski definition) is 1. The lowest BCUT2D eigenvalue weighted by atomic mass is 9.98. The number of likely N-dealkylation sites (N-methyl/N-ethyl adjacent to an activating group) is 1. The molecule has 0 aliphatic carbocycles. The molecule has 2 aromatic rings. The lowest BCUT2D eigenvalue weighted by molar-refractivity contribution is 0.514. The van der Waals surface area contributed by atoms with Crippen molar-refractivity contribution in [2.24, 2.45) is 0 Å². The highest BCUT2D eigenvalue weighted by Gasteiger charge is 2.18. The van der Waals surface area contributed by atoms with Crippen molar-refractivity contribution in [2.45, 2.75) is 12.5 Å². The van der Waals surface area contributed by atoms with Gasteiger partial charge in [-0.2, -0.15) is 0 Å². The Balaban J connectivity index is 2.34. The summed E-state index contributed by atoms with van der Waals surface area (Å²) in [5.74, 6) is -1.75. The smallest absolute Gasteiger partial charge is 0.129 e. The molecule has 1 N–H and O–H groups in total. The van der Waals surface area contributed by atoms with Gasteiger partial charge in [0.15, 0.2) is 0 Å². The highest BCUT2D eigenvalue weighted by molar-refractivity contribution is 9.10. The SMILES string of the molecule is CNC(Cc1ccc(F)cc1F)c1cc(Cl)c(Br)cc1F. The van der Waals surface area contributed by atoms with Crippen molar-refractivity contribution >= 4 is 27.5 Å². The van der Waals surface area contributed by atoms with E-state index in [2.05, 4.69) is 21.2 Å². The first-order valence-electron chi connectivity index (χ1n) is 6.18. The monoisotopic (exact) mass is 377 g/mol. The highest BCUT2D eigenvalue weighted by Crippen LogP contribution is 2.30. The van der Waals surface area contributed by atoms with Gasteiger partial charge in [0.2, 0.25) is 0 Å². The van der Waals surface area contributed by atoms with Gasteiger partial charge in [0.25, 0.3) is 0 Å². The van der Waals surface area contributed by atoms with Crippen molar-refractivity contribution in [1.82, 2.24) is 5.32 Å². The van der Waals surface area contributed by atoms with E-state index in [-0.39, 0.29) is 6.42 Å². The minimum absolute atomic E-state index is 0.178. The van der Waals surface area contributed by atoms with Crippen LogP contribution in [0.25, 0.3) is 0 Å². The fourth-order valence-electron chi connectivity index (χ4n) is 2.08. The van der Waals surface area contributed by atoms with E-state index in [0.717, 1.165) is 6.07 Å². The van der Waals surface area contributed by atoms with Gasteiger partial charge < -0.3 is 5.32 Å². The van der Waals surface area contributed by atoms with Crippen LogP contribution in [-0.4, -0.2) is 7.05 Å². The molecule has 0 heterocycles. The van der Waals surface area contributed by atoms with Crippen molar-refractivity contribution in [1.29, 1.82) is 0 Å². The molecule has 2 rings (SSSR count). The first-order valence-corrected chi connectivity index (χ1v) is 7.35. The average molecular weight is 379 g/mol. The minimum atomic E-state index is -0.654. The Labute approximate surface area is 134 Å². The van der Waals surface area contributed by atoms with Crippen LogP contribution < -0.4 is 5.32 Å². The second-order valence-corrected chi connectivity index (χ2v) is 5.83. The lowest BCUT2D eigenvalue weighted by Gasteiger charge is -2.18. The van der Waals surface area contributed by atoms with Crippen LogP contribution >= 0.6 is 27.5 Å². The van der Waals surface area contributed by atoms with E-state index in [1.54, 1.807) is 7.05 Å². The Morgan fingerprint density at radius 2 is 1.86 bits per heavy atom. The molecule has 6 heteroatoms. The van der Waals surface area contributed by atoms with Gasteiger partial charge in [0.1, 0.15) is 17.5 Å². The van der Waals surface area contributed by atoms with Crippen LogP contribution in [0.2, 0.25) is 5.02 Å². The van der Waals surface area contributed by atoms with E-state index in [1.807, 2.05) is 0 Å². The van der Waals surface area contributed by atoms with Gasteiger partial charge in [-0.05, 0) is 53.2 Å². The molecule has 2 aromatic carbocycles. The fraction of sp³-hybridized carbons (Fsp3) is 0.200. The van der Waals surface area contributed by atoms with Crippen LogP contribution in [0.1, 0.15) is 17.2 Å². The zero-order chi connectivity index (χ0) is 15.6. The summed E-state index contributed by atoms with van der Waals surface area (Å²) >= 11 is 9.12. The Hall–Kier alpha value is -1.04. The summed E-state index contributed by atoms with van der Waals surface area (Å²) in [4.78, 5) is 0. The molecule has 1 nitrogen and oxygen atoms in total. The summed E-state index contributed by atoms with van der Waals surface area (Å²) in [5.41, 5.74) is 0.628. The average Bonchev–Trinajstić information content (AvgIpc) is 2.43. The molecule has 0 aliphatic heterocycles. The molecular formula is C15H12BrClF3N. The topological polar surface area (TPSA) is 12.0 Å². The molecule has 1 unspecified atom stereocenters. The number of nitrogens with one attached hydrogen (secondary N) is 1. The standard InChI is InChI=1S/C15H12BrClF3N/c1-21-15(4-8-2-3-9(18)5-13(8)19)10-6-12(17)11(16)7-14(10)20/h2-3,5-7,15,21H,4H2,1H3. The molecular weight excluding hydrogens is 367 g/mol. The molecule has 0 fully saturated rings. The third-order valence-electron chi connectivity index (χ3n) is 3.20. The van der Waals surface area contributed by atoms with Crippen LogP contribution in [0.5, 0.6) is 0 Å². The van der Waals surface area contributed by atoms with Gasteiger partial charge in [-0.3, -0.25) is 0 Å². The second-order valence-electron chi connectivity index (χ2n) is 4.57. The van der Waals surface area contributed by atoms with E-state index in [0.29, 0.717) is 20.6 Å². The van der Waals surface area contributed by atoms with Crippen LogP contribution in [0.3, 0.4) is 0 Å². The number of benzene rings is 2. The van der Waals surface area contributed by atoms with Gasteiger partial charge in [-0.1, -0.05) is 17.7 Å². The highest BCUT2D eigenvalue weighted by atomic mass is 79.9. The summed E-state index contributed by atoms with van der Waals surface area (Å²) < 4.78 is 41.1. The third-order valence-corrected chi connectivity index (χ3v) is 4.40. The minimum Gasteiger partial charge on any atom is -0.313 e. The molecule has 1 atom stereocenters. The Morgan fingerprint density at radius 1 is 1.14 bits per heavy atom. The first-order chi connectivity index (χ1) is 9.92. The van der Waals surface area contributed by atoms with Gasteiger partial charge in [-0.15, -0.1) is 0 Å². The lowest BCUT2D eigenvalue weighted by Crippen LogP contribution is -2.20. The summed E-state index contributed by atoms with van der Waals surface area (Å²) in [6.45, 7) is 0. The van der Waals surface area contributed by atoms with Crippen molar-refractivity contribution in [3.8, 4) is 0 Å². The Bertz CT molecular complexity index is 664. The van der Waals surface area contributed by atoms with Crippen LogP contribution in [0, 0.1) is 17.5 Å². The third kappa shape index (κ3) is 3.78. The Morgan fingerprint density at radius 3 is 2.48 bits per heavy atom. The molecule has 0 amide bonds. The maximum atomic E-state index is 14.1. The van der Waals surface area contributed by atoms with Crippen LogP contribution in [0.4, 0.5) is 13.2 Å². The molecule has 0 radical (unpaired) electrons. The fourth-order valence-corrected chi connectivity index (χ4v) is 2.57. The van der Waals surface area contributed by atoms with Crippen LogP contribution in [-0.2, 0) is 6.42 Å². The zero-order valence-corrected chi connectivity index (χ0v) is 13.4. The van der Waals surface area contributed by atoms with Gasteiger partial charge in [0.05, 0.1) is 5.02 Å². The second kappa shape index (κ2) is 6.81. The molecule has 0 saturated heterocycles. The van der Waals surface area contributed by atoms with Crippen molar-refractivity contribution in [3.05, 3.63) is 68.4 Å². The van der Waals surface area contributed by atoms with E-state index in [9.17, 15) is 13.2 Å². The van der Waals surface area contributed by atoms with E-state index in [4.69, 9.17) is 11.6 Å². The van der Waals surface area contributed by atoms with E-state index in [1.165, 1.54) is 24.3 Å². The molecule has 21 heavy (non-hydrogen) atoms. The van der Waals surface area contributed by atoms with E-state index < -0.39 is 23.5 Å². The van der Waals surface area contributed by atoms with Crippen molar-refractivity contribution in [3.63, 3.8) is 0 Å². The molecule has 0 spiro atoms.